The van der Waals surface area contributed by atoms with E-state index >= 15 is 0 Å². The summed E-state index contributed by atoms with van der Waals surface area (Å²) in [6.07, 6.45) is 2.19. The number of carbonyl (C=O) groups excluding carboxylic acids is 1. The molecule has 0 atom stereocenters. The van der Waals surface area contributed by atoms with E-state index < -0.39 is 0 Å². The number of carbonyl (C=O) groups is 1. The molecule has 0 unspecified atom stereocenters. The highest BCUT2D eigenvalue weighted by atomic mass is 16.2. The Hall–Kier alpha value is -3.18. The number of aromatic nitrogens is 2. The predicted octanol–water partition coefficient (Wildman–Crippen LogP) is 4.22. The summed E-state index contributed by atoms with van der Waals surface area (Å²) in [5.41, 5.74) is 3.71. The van der Waals surface area contributed by atoms with Crippen LogP contribution in [0.2, 0.25) is 0 Å². The molecule has 5 heteroatoms. The first-order valence-electron chi connectivity index (χ1n) is 9.84. The molecule has 28 heavy (non-hydrogen) atoms. The molecule has 5 nitrogen and oxygen atoms in total. The molecule has 2 aliphatic heterocycles. The van der Waals surface area contributed by atoms with E-state index in [-0.39, 0.29) is 5.91 Å². The third-order valence-corrected chi connectivity index (χ3v) is 6.05. The smallest absolute Gasteiger partial charge is 0.268 e. The molecule has 2 aliphatic rings. The van der Waals surface area contributed by atoms with Crippen LogP contribution in [-0.2, 0) is 0 Å². The average molecular weight is 368 g/mol. The standard InChI is InChI=1S/C23H20N4O/c28-23(27-19-9-11-26(27)12-10-19)16-7-5-15(6-8-16)22-24-20-13-17-3-1-2-4-18(17)14-21(20)25-22/h1-8,13-14,19H,9-12H2,(H,24,25). The maximum atomic E-state index is 12.9. The molecule has 6 rings (SSSR count). The molecule has 2 fully saturated rings. The highest BCUT2D eigenvalue weighted by molar-refractivity contribution is 5.97. The van der Waals surface area contributed by atoms with Gasteiger partial charge in [0.15, 0.2) is 0 Å². The van der Waals surface area contributed by atoms with Gasteiger partial charge in [0.2, 0.25) is 0 Å². The summed E-state index contributed by atoms with van der Waals surface area (Å²) >= 11 is 0. The molecule has 0 radical (unpaired) electrons. The summed E-state index contributed by atoms with van der Waals surface area (Å²) < 4.78 is 0. The summed E-state index contributed by atoms with van der Waals surface area (Å²) in [7, 11) is 0. The lowest BCUT2D eigenvalue weighted by Crippen LogP contribution is -2.38. The van der Waals surface area contributed by atoms with Gasteiger partial charge in [-0.2, -0.15) is 0 Å². The van der Waals surface area contributed by atoms with Crippen LogP contribution in [0.25, 0.3) is 33.2 Å². The van der Waals surface area contributed by atoms with Crippen LogP contribution in [0.5, 0.6) is 0 Å². The Bertz CT molecular complexity index is 1140. The first kappa shape index (κ1) is 15.8. The number of H-pyrrole nitrogens is 1. The lowest BCUT2D eigenvalue weighted by Gasteiger charge is -2.23. The number of amides is 1. The van der Waals surface area contributed by atoms with Gasteiger partial charge < -0.3 is 4.98 Å². The molecule has 1 aromatic heterocycles. The predicted molar refractivity (Wildman–Crippen MR) is 110 cm³/mol. The fourth-order valence-corrected chi connectivity index (χ4v) is 4.57. The number of hydrazine groups is 1. The van der Waals surface area contributed by atoms with Gasteiger partial charge in [0.25, 0.3) is 5.91 Å². The summed E-state index contributed by atoms with van der Waals surface area (Å²) in [5, 5.41) is 6.53. The van der Waals surface area contributed by atoms with Crippen molar-refractivity contribution in [3.05, 3.63) is 66.2 Å². The van der Waals surface area contributed by atoms with Crippen molar-refractivity contribution in [1.29, 1.82) is 0 Å². The zero-order valence-electron chi connectivity index (χ0n) is 15.4. The Morgan fingerprint density at radius 3 is 2.36 bits per heavy atom. The van der Waals surface area contributed by atoms with Crippen LogP contribution in [0.3, 0.4) is 0 Å². The van der Waals surface area contributed by atoms with Gasteiger partial charge in [-0.1, -0.05) is 36.4 Å². The minimum atomic E-state index is 0.113. The molecule has 2 saturated heterocycles. The van der Waals surface area contributed by atoms with Gasteiger partial charge in [0.05, 0.1) is 17.1 Å². The number of fused-ring (bicyclic) bond motifs is 4. The third kappa shape index (κ3) is 2.36. The molecule has 3 heterocycles. The minimum Gasteiger partial charge on any atom is -0.338 e. The topological polar surface area (TPSA) is 52.2 Å². The summed E-state index contributed by atoms with van der Waals surface area (Å²) in [6, 6.07) is 20.7. The molecule has 0 spiro atoms. The highest BCUT2D eigenvalue weighted by Gasteiger charge is 2.40. The van der Waals surface area contributed by atoms with Crippen molar-refractivity contribution < 1.29 is 4.79 Å². The number of benzene rings is 3. The maximum Gasteiger partial charge on any atom is 0.268 e. The molecule has 0 aliphatic carbocycles. The summed E-state index contributed by atoms with van der Waals surface area (Å²) in [6.45, 7) is 2.00. The van der Waals surface area contributed by atoms with Crippen molar-refractivity contribution >= 4 is 27.7 Å². The number of rotatable bonds is 2. The first-order valence-corrected chi connectivity index (χ1v) is 9.84. The van der Waals surface area contributed by atoms with Crippen LogP contribution in [0.15, 0.2) is 60.7 Å². The van der Waals surface area contributed by atoms with Crippen molar-refractivity contribution in [2.24, 2.45) is 0 Å². The molecule has 1 N–H and O–H groups in total. The highest BCUT2D eigenvalue weighted by Crippen LogP contribution is 2.31. The van der Waals surface area contributed by atoms with E-state index in [9.17, 15) is 4.79 Å². The van der Waals surface area contributed by atoms with Gasteiger partial charge in [0, 0.05) is 24.2 Å². The number of piperidine rings is 1. The number of hydrogen-bond acceptors (Lipinski definition) is 3. The van der Waals surface area contributed by atoms with Crippen molar-refractivity contribution in [1.82, 2.24) is 20.0 Å². The van der Waals surface area contributed by atoms with Gasteiger partial charge in [-0.25, -0.2) is 9.99 Å². The molecule has 0 saturated carbocycles. The second-order valence-electron chi connectivity index (χ2n) is 7.71. The van der Waals surface area contributed by atoms with E-state index in [0.29, 0.717) is 6.04 Å². The van der Waals surface area contributed by atoms with Gasteiger partial charge in [-0.3, -0.25) is 9.80 Å². The van der Waals surface area contributed by atoms with E-state index in [4.69, 9.17) is 4.98 Å². The lowest BCUT2D eigenvalue weighted by atomic mass is 10.1. The normalized spacial score (nSPS) is 21.1. The Morgan fingerprint density at radius 2 is 1.68 bits per heavy atom. The van der Waals surface area contributed by atoms with Crippen LogP contribution in [-0.4, -0.2) is 45.0 Å². The Labute approximate surface area is 162 Å². The van der Waals surface area contributed by atoms with Gasteiger partial charge in [-0.15, -0.1) is 0 Å². The number of aromatic amines is 1. The van der Waals surface area contributed by atoms with Crippen LogP contribution in [0.4, 0.5) is 0 Å². The van der Waals surface area contributed by atoms with Crippen molar-refractivity contribution in [2.45, 2.75) is 18.9 Å². The Balaban J connectivity index is 1.33. The van der Waals surface area contributed by atoms with Crippen LogP contribution >= 0.6 is 0 Å². The minimum absolute atomic E-state index is 0.113. The lowest BCUT2D eigenvalue weighted by molar-refractivity contribution is 0.0334. The number of imidazole rings is 1. The van der Waals surface area contributed by atoms with E-state index in [2.05, 4.69) is 34.3 Å². The van der Waals surface area contributed by atoms with Crippen LogP contribution in [0, 0.1) is 0 Å². The maximum absolute atomic E-state index is 12.9. The van der Waals surface area contributed by atoms with Gasteiger partial charge in [-0.05, 0) is 47.9 Å². The van der Waals surface area contributed by atoms with Gasteiger partial charge >= 0.3 is 0 Å². The molecular formula is C23H20N4O. The fourth-order valence-electron chi connectivity index (χ4n) is 4.57. The molecule has 3 aromatic carbocycles. The second kappa shape index (κ2) is 5.91. The van der Waals surface area contributed by atoms with E-state index in [1.54, 1.807) is 0 Å². The van der Waals surface area contributed by atoms with E-state index in [1.165, 1.54) is 10.8 Å². The molecule has 1 amide bonds. The number of nitrogens with zero attached hydrogens (tertiary/aromatic N) is 3. The quantitative estimate of drug-likeness (QED) is 0.576. The Morgan fingerprint density at radius 1 is 0.964 bits per heavy atom. The fraction of sp³-hybridized carbons (Fsp3) is 0.217. The largest absolute Gasteiger partial charge is 0.338 e. The number of nitrogens with one attached hydrogen (secondary N) is 1. The molecular weight excluding hydrogens is 348 g/mol. The third-order valence-electron chi connectivity index (χ3n) is 6.05. The van der Waals surface area contributed by atoms with Crippen LogP contribution in [0.1, 0.15) is 23.2 Å². The summed E-state index contributed by atoms with van der Waals surface area (Å²) in [5.74, 6) is 0.941. The zero-order chi connectivity index (χ0) is 18.7. The second-order valence-corrected chi connectivity index (χ2v) is 7.71. The average Bonchev–Trinajstić information content (AvgIpc) is 3.45. The molecule has 4 aromatic rings. The van der Waals surface area contributed by atoms with E-state index in [1.807, 2.05) is 41.4 Å². The van der Waals surface area contributed by atoms with Crippen molar-refractivity contribution in [3.8, 4) is 11.4 Å². The van der Waals surface area contributed by atoms with Crippen LogP contribution < -0.4 is 0 Å². The Kier molecular flexibility index (Phi) is 3.34. The molecule has 2 bridgehead atoms. The SMILES string of the molecule is O=C(c1ccc(-c2nc3cc4ccccc4cc3[nH]2)cc1)N1C2CCN1CC2. The monoisotopic (exact) mass is 368 g/mol. The van der Waals surface area contributed by atoms with Gasteiger partial charge in [0.1, 0.15) is 5.82 Å². The summed E-state index contributed by atoms with van der Waals surface area (Å²) in [4.78, 5) is 21.1. The first-order chi connectivity index (χ1) is 13.8. The number of hydrogen-bond donors (Lipinski definition) is 1. The zero-order valence-corrected chi connectivity index (χ0v) is 15.4. The van der Waals surface area contributed by atoms with Crippen molar-refractivity contribution in [3.63, 3.8) is 0 Å². The molecule has 138 valence electrons. The van der Waals surface area contributed by atoms with E-state index in [0.717, 1.165) is 53.9 Å². The van der Waals surface area contributed by atoms with Crippen molar-refractivity contribution in [2.75, 3.05) is 13.1 Å².